The lowest BCUT2D eigenvalue weighted by atomic mass is 10.1. The number of amides is 2. The molecule has 0 aliphatic carbocycles. The molecule has 1 atom stereocenters. The molecule has 4 rings (SSSR count). The summed E-state index contributed by atoms with van der Waals surface area (Å²) < 4.78 is 5.22. The number of para-hydroxylation sites is 1. The molecule has 1 N–H and O–H groups in total. The number of nitrogens with one attached hydrogen (secondary N) is 1. The van der Waals surface area contributed by atoms with Gasteiger partial charge in [-0.3, -0.25) is 14.5 Å². The molecule has 0 aromatic heterocycles. The van der Waals surface area contributed by atoms with Gasteiger partial charge < -0.3 is 15.0 Å². The van der Waals surface area contributed by atoms with Gasteiger partial charge in [0.1, 0.15) is 11.8 Å². The predicted octanol–water partition coefficient (Wildman–Crippen LogP) is 4.92. The largest absolute Gasteiger partial charge is 0.497 e. The number of hydrogen-bond acceptors (Lipinski definition) is 4. The van der Waals surface area contributed by atoms with Gasteiger partial charge in [-0.2, -0.15) is 0 Å². The van der Waals surface area contributed by atoms with E-state index in [4.69, 9.17) is 28.6 Å². The molecule has 1 aliphatic rings. The summed E-state index contributed by atoms with van der Waals surface area (Å²) in [5, 5.41) is 3.82. The first-order chi connectivity index (χ1) is 16.5. The summed E-state index contributed by atoms with van der Waals surface area (Å²) in [5.41, 5.74) is 2.39. The average Bonchev–Trinajstić information content (AvgIpc) is 3.08. The van der Waals surface area contributed by atoms with E-state index in [9.17, 15) is 9.59 Å². The number of benzene rings is 3. The molecular formula is C26H24ClN3O3S. The number of ether oxygens (including phenoxy) is 1. The van der Waals surface area contributed by atoms with Gasteiger partial charge in [0.2, 0.25) is 5.91 Å². The molecule has 174 valence electrons. The monoisotopic (exact) mass is 493 g/mol. The van der Waals surface area contributed by atoms with Crippen LogP contribution in [0.2, 0.25) is 5.02 Å². The van der Waals surface area contributed by atoms with Gasteiger partial charge in [0.15, 0.2) is 5.11 Å². The molecule has 1 saturated heterocycles. The minimum Gasteiger partial charge on any atom is -0.497 e. The summed E-state index contributed by atoms with van der Waals surface area (Å²) in [6.45, 7) is 0.499. The number of carbonyl (C=O) groups is 2. The number of halogens is 1. The molecule has 0 unspecified atom stereocenters. The van der Waals surface area contributed by atoms with E-state index in [1.807, 2.05) is 59.5 Å². The van der Waals surface area contributed by atoms with E-state index in [1.54, 1.807) is 31.4 Å². The first-order valence-corrected chi connectivity index (χ1v) is 11.6. The quantitative estimate of drug-likeness (QED) is 0.451. The molecule has 8 heteroatoms. The summed E-state index contributed by atoms with van der Waals surface area (Å²) in [7, 11) is 1.63. The molecule has 3 aromatic rings. The van der Waals surface area contributed by atoms with Gasteiger partial charge in [-0.15, -0.1) is 0 Å². The standard InChI is InChI=1S/C26H24ClN3O3S/c1-33-22-13-7-18(8-14-22)15-16-29-23(17-24(31)28-20-11-9-19(27)10-12-20)25(32)30(26(29)34)21-5-3-2-4-6-21/h2-14,23H,15-17H2,1H3,(H,28,31)/t23-/m0/s1. The topological polar surface area (TPSA) is 61.9 Å². The second kappa shape index (κ2) is 10.7. The number of rotatable bonds is 8. The highest BCUT2D eigenvalue weighted by atomic mass is 35.5. The molecule has 0 spiro atoms. The summed E-state index contributed by atoms with van der Waals surface area (Å²) in [4.78, 5) is 29.6. The zero-order chi connectivity index (χ0) is 24.1. The van der Waals surface area contributed by atoms with E-state index in [1.165, 1.54) is 4.90 Å². The third kappa shape index (κ3) is 5.38. The maximum Gasteiger partial charge on any atom is 0.256 e. The van der Waals surface area contributed by atoms with Crippen molar-refractivity contribution in [1.29, 1.82) is 0 Å². The van der Waals surface area contributed by atoms with Crippen LogP contribution < -0.4 is 15.0 Å². The molecule has 1 aliphatic heterocycles. The molecule has 34 heavy (non-hydrogen) atoms. The van der Waals surface area contributed by atoms with Gasteiger partial charge in [0.25, 0.3) is 5.91 Å². The van der Waals surface area contributed by atoms with Crippen molar-refractivity contribution < 1.29 is 14.3 Å². The van der Waals surface area contributed by atoms with Crippen molar-refractivity contribution in [2.45, 2.75) is 18.9 Å². The van der Waals surface area contributed by atoms with Crippen LogP contribution >= 0.6 is 23.8 Å². The van der Waals surface area contributed by atoms with Crippen molar-refractivity contribution >= 4 is 52.1 Å². The fourth-order valence-corrected chi connectivity index (χ4v) is 4.40. The molecule has 0 radical (unpaired) electrons. The fourth-order valence-electron chi connectivity index (χ4n) is 3.86. The van der Waals surface area contributed by atoms with E-state index in [0.29, 0.717) is 34.5 Å². The lowest BCUT2D eigenvalue weighted by Gasteiger charge is -2.24. The zero-order valence-electron chi connectivity index (χ0n) is 18.6. The van der Waals surface area contributed by atoms with Crippen molar-refractivity contribution in [2.24, 2.45) is 0 Å². The van der Waals surface area contributed by atoms with Crippen LogP contribution in [0.1, 0.15) is 12.0 Å². The molecular weight excluding hydrogens is 470 g/mol. The Bertz CT molecular complexity index is 1170. The van der Waals surface area contributed by atoms with Gasteiger partial charge in [-0.1, -0.05) is 41.9 Å². The lowest BCUT2D eigenvalue weighted by molar-refractivity contribution is -0.124. The van der Waals surface area contributed by atoms with E-state index in [2.05, 4.69) is 5.32 Å². The summed E-state index contributed by atoms with van der Waals surface area (Å²) in [6.07, 6.45) is 0.642. The Morgan fingerprint density at radius 3 is 2.35 bits per heavy atom. The van der Waals surface area contributed by atoms with Crippen molar-refractivity contribution in [1.82, 2.24) is 4.90 Å². The predicted molar refractivity (Wildman–Crippen MR) is 138 cm³/mol. The highest BCUT2D eigenvalue weighted by molar-refractivity contribution is 7.80. The van der Waals surface area contributed by atoms with Crippen molar-refractivity contribution in [3.8, 4) is 5.75 Å². The van der Waals surface area contributed by atoms with Crippen LogP contribution in [0.15, 0.2) is 78.9 Å². The number of carbonyl (C=O) groups excluding carboxylic acids is 2. The van der Waals surface area contributed by atoms with Crippen molar-refractivity contribution in [3.63, 3.8) is 0 Å². The number of anilines is 2. The van der Waals surface area contributed by atoms with E-state index in [-0.39, 0.29) is 18.2 Å². The molecule has 0 bridgehead atoms. The minimum atomic E-state index is -0.696. The molecule has 0 saturated carbocycles. The van der Waals surface area contributed by atoms with E-state index < -0.39 is 6.04 Å². The highest BCUT2D eigenvalue weighted by Gasteiger charge is 2.43. The maximum absolute atomic E-state index is 13.4. The first-order valence-electron chi connectivity index (χ1n) is 10.8. The molecule has 6 nitrogen and oxygen atoms in total. The second-order valence-electron chi connectivity index (χ2n) is 7.86. The third-order valence-corrected chi connectivity index (χ3v) is 6.31. The van der Waals surface area contributed by atoms with Gasteiger partial charge in [-0.05, 0) is 72.7 Å². The SMILES string of the molecule is COc1ccc(CCN2C(=S)N(c3ccccc3)C(=O)[C@@H]2CC(=O)Nc2ccc(Cl)cc2)cc1. The van der Waals surface area contributed by atoms with Crippen LogP contribution in [-0.2, 0) is 16.0 Å². The summed E-state index contributed by atoms with van der Waals surface area (Å²) >= 11 is 11.6. The third-order valence-electron chi connectivity index (χ3n) is 5.64. The van der Waals surface area contributed by atoms with E-state index >= 15 is 0 Å². The Kier molecular flexibility index (Phi) is 7.45. The van der Waals surface area contributed by atoms with Crippen LogP contribution in [-0.4, -0.2) is 41.5 Å². The van der Waals surface area contributed by atoms with Crippen LogP contribution in [0.3, 0.4) is 0 Å². The Morgan fingerprint density at radius 1 is 1.03 bits per heavy atom. The van der Waals surface area contributed by atoms with Gasteiger partial charge >= 0.3 is 0 Å². The zero-order valence-corrected chi connectivity index (χ0v) is 20.2. The van der Waals surface area contributed by atoms with Crippen molar-refractivity contribution in [3.05, 3.63) is 89.4 Å². The van der Waals surface area contributed by atoms with Crippen molar-refractivity contribution in [2.75, 3.05) is 23.9 Å². The highest BCUT2D eigenvalue weighted by Crippen LogP contribution is 2.28. The molecule has 1 heterocycles. The normalized spacial score (nSPS) is 15.5. The first kappa shape index (κ1) is 23.7. The second-order valence-corrected chi connectivity index (χ2v) is 8.66. The number of hydrogen-bond donors (Lipinski definition) is 1. The molecule has 3 aromatic carbocycles. The van der Waals surface area contributed by atoms with Gasteiger partial charge in [0.05, 0.1) is 19.2 Å². The van der Waals surface area contributed by atoms with Crippen LogP contribution in [0, 0.1) is 0 Å². The fraction of sp³-hybridized carbons (Fsp3) is 0.192. The van der Waals surface area contributed by atoms with Crippen LogP contribution in [0.4, 0.5) is 11.4 Å². The van der Waals surface area contributed by atoms with Gasteiger partial charge in [0, 0.05) is 17.3 Å². The maximum atomic E-state index is 13.4. The number of thiocarbonyl (C=S) groups is 1. The Morgan fingerprint density at radius 2 is 1.71 bits per heavy atom. The Hall–Kier alpha value is -3.42. The molecule has 2 amide bonds. The summed E-state index contributed by atoms with van der Waals surface area (Å²) in [6, 6.07) is 23.2. The molecule has 1 fully saturated rings. The minimum absolute atomic E-state index is 0.0203. The van der Waals surface area contributed by atoms with Crippen LogP contribution in [0.5, 0.6) is 5.75 Å². The van der Waals surface area contributed by atoms with E-state index in [0.717, 1.165) is 11.3 Å². The Balaban J connectivity index is 1.53. The summed E-state index contributed by atoms with van der Waals surface area (Å²) in [5.74, 6) is 0.299. The smallest absolute Gasteiger partial charge is 0.256 e. The Labute approximate surface area is 209 Å². The number of methoxy groups -OCH3 is 1. The number of nitrogens with zero attached hydrogens (tertiary/aromatic N) is 2. The average molecular weight is 494 g/mol. The van der Waals surface area contributed by atoms with Gasteiger partial charge in [-0.25, -0.2) is 0 Å². The van der Waals surface area contributed by atoms with Crippen LogP contribution in [0.25, 0.3) is 0 Å². The lowest BCUT2D eigenvalue weighted by Crippen LogP contribution is -2.39.